The SMILES string of the molecule is CC(C)OC(=O)Nc1cccc(Cl)c1.Cc1c(O)c(O)cc2c1CC=C1C2(C)CCC2(C)C3CC(C)(C(=O)O)CCC3(C)CCC12C. The van der Waals surface area contributed by atoms with Crippen molar-refractivity contribution >= 4 is 29.4 Å². The van der Waals surface area contributed by atoms with Crippen molar-refractivity contribution in [3.63, 3.8) is 0 Å². The third-order valence-electron chi connectivity index (χ3n) is 13.0. The number of phenolic OH excluding ortho intramolecular Hbond substituents is 2. The summed E-state index contributed by atoms with van der Waals surface area (Å²) in [5.41, 5.74) is 4.63. The summed E-state index contributed by atoms with van der Waals surface area (Å²) in [6.45, 7) is 17.1. The number of hydrogen-bond acceptors (Lipinski definition) is 5. The molecule has 4 aliphatic carbocycles. The number of benzene rings is 2. The maximum Gasteiger partial charge on any atom is 0.411 e. The topological polar surface area (TPSA) is 116 Å². The minimum Gasteiger partial charge on any atom is -0.504 e. The molecule has 3 saturated carbocycles. The summed E-state index contributed by atoms with van der Waals surface area (Å²) in [5.74, 6) is -0.282. The number of allylic oxidation sites excluding steroid dienone is 2. The van der Waals surface area contributed by atoms with Gasteiger partial charge in [-0.05, 0) is 142 Å². The van der Waals surface area contributed by atoms with Crippen LogP contribution in [0.3, 0.4) is 0 Å². The monoisotopic (exact) mass is 665 g/mol. The number of carbonyl (C=O) groups is 2. The highest BCUT2D eigenvalue weighted by Gasteiger charge is 2.67. The highest BCUT2D eigenvalue weighted by molar-refractivity contribution is 6.30. The fraction of sp³-hybridized carbons (Fsp3) is 0.590. The summed E-state index contributed by atoms with van der Waals surface area (Å²) >= 11 is 5.74. The molecular weight excluding hydrogens is 614 g/mol. The molecule has 7 nitrogen and oxygen atoms in total. The molecule has 2 aromatic rings. The van der Waals surface area contributed by atoms with Crippen LogP contribution in [-0.2, 0) is 21.4 Å². The van der Waals surface area contributed by atoms with Gasteiger partial charge in [-0.1, -0.05) is 57.0 Å². The van der Waals surface area contributed by atoms with Crippen molar-refractivity contribution in [2.45, 2.75) is 118 Å². The molecule has 0 bridgehead atoms. The van der Waals surface area contributed by atoms with E-state index < -0.39 is 17.5 Å². The molecule has 8 heteroatoms. The Labute approximate surface area is 284 Å². The van der Waals surface area contributed by atoms with Gasteiger partial charge in [0.15, 0.2) is 11.5 Å². The molecule has 2 aromatic carbocycles. The van der Waals surface area contributed by atoms with Crippen LogP contribution in [-0.4, -0.2) is 33.5 Å². The van der Waals surface area contributed by atoms with E-state index in [4.69, 9.17) is 16.3 Å². The number of carboxylic acid groups (broad SMARTS) is 1. The second kappa shape index (κ2) is 12.0. The number of anilines is 1. The van der Waals surface area contributed by atoms with Gasteiger partial charge in [-0.15, -0.1) is 0 Å². The fourth-order valence-corrected chi connectivity index (χ4v) is 10.0. The molecule has 0 spiro atoms. The number of fused-ring (bicyclic) bond motifs is 7. The van der Waals surface area contributed by atoms with Crippen molar-refractivity contribution in [2.24, 2.45) is 27.6 Å². The van der Waals surface area contributed by atoms with Crippen LogP contribution in [0.2, 0.25) is 5.02 Å². The van der Waals surface area contributed by atoms with E-state index in [0.29, 0.717) is 16.6 Å². The number of rotatable bonds is 3. The predicted octanol–water partition coefficient (Wildman–Crippen LogP) is 9.94. The van der Waals surface area contributed by atoms with E-state index in [1.807, 2.05) is 19.9 Å². The van der Waals surface area contributed by atoms with Crippen molar-refractivity contribution in [1.29, 1.82) is 0 Å². The van der Waals surface area contributed by atoms with Crippen molar-refractivity contribution in [3.05, 3.63) is 63.7 Å². The molecule has 6 atom stereocenters. The Kier molecular flexibility index (Phi) is 9.00. The average molecular weight is 666 g/mol. The third-order valence-corrected chi connectivity index (χ3v) is 13.2. The zero-order valence-electron chi connectivity index (χ0n) is 29.2. The van der Waals surface area contributed by atoms with Crippen LogP contribution in [0.1, 0.15) is 110 Å². The van der Waals surface area contributed by atoms with Gasteiger partial charge < -0.3 is 20.1 Å². The normalized spacial score (nSPS) is 33.9. The van der Waals surface area contributed by atoms with Crippen LogP contribution in [0.25, 0.3) is 0 Å². The first-order chi connectivity index (χ1) is 21.8. The maximum atomic E-state index is 12.3. The van der Waals surface area contributed by atoms with Crippen LogP contribution in [0.4, 0.5) is 10.5 Å². The standard InChI is InChI=1S/C29H40O4.C10H12ClNO2/c1-17-18-7-8-21-27(4,19(18)15-20(30)23(17)31)12-14-29(6)22-16-26(3,24(32)33)10-9-25(22,2)11-13-28(21,29)5;1-7(2)14-10(13)12-9-5-3-4-8(11)6-9/h8,15,22,30-31H,7,9-14,16H2,1-6H3,(H,32,33);3-7H,1-2H3,(H,12,13). The molecule has 3 fully saturated rings. The minimum absolute atomic E-state index is 0.00431. The molecule has 6 unspecified atom stereocenters. The summed E-state index contributed by atoms with van der Waals surface area (Å²) in [6.07, 6.45) is 9.43. The number of aliphatic carboxylic acids is 1. The Hall–Kier alpha value is -3.19. The summed E-state index contributed by atoms with van der Waals surface area (Å²) in [6, 6.07) is 8.70. The van der Waals surface area contributed by atoms with E-state index in [0.717, 1.165) is 62.5 Å². The third kappa shape index (κ3) is 5.81. The second-order valence-electron chi connectivity index (χ2n) is 16.2. The van der Waals surface area contributed by atoms with E-state index in [1.54, 1.807) is 38.1 Å². The quantitative estimate of drug-likeness (QED) is 0.192. The molecule has 6 rings (SSSR count). The number of nitrogens with one attached hydrogen (secondary N) is 1. The predicted molar refractivity (Wildman–Crippen MR) is 186 cm³/mol. The second-order valence-corrected chi connectivity index (χ2v) is 16.6. The number of halogens is 1. The highest BCUT2D eigenvalue weighted by Crippen LogP contribution is 2.74. The lowest BCUT2D eigenvalue weighted by Crippen LogP contribution is -2.62. The Bertz CT molecular complexity index is 1620. The lowest BCUT2D eigenvalue weighted by atomic mass is 9.34. The van der Waals surface area contributed by atoms with E-state index >= 15 is 0 Å². The molecule has 0 heterocycles. The average Bonchev–Trinajstić information content (AvgIpc) is 2.98. The van der Waals surface area contributed by atoms with Gasteiger partial charge in [0.1, 0.15) is 0 Å². The summed E-state index contributed by atoms with van der Waals surface area (Å²) < 4.78 is 4.90. The first-order valence-electron chi connectivity index (χ1n) is 17.0. The van der Waals surface area contributed by atoms with Crippen LogP contribution in [0.5, 0.6) is 11.5 Å². The van der Waals surface area contributed by atoms with Crippen molar-refractivity contribution in [1.82, 2.24) is 0 Å². The Morgan fingerprint density at radius 1 is 0.979 bits per heavy atom. The molecular formula is C39H52ClNO6. The fourth-order valence-electron chi connectivity index (χ4n) is 9.82. The van der Waals surface area contributed by atoms with Crippen LogP contribution < -0.4 is 5.32 Å². The van der Waals surface area contributed by atoms with Gasteiger partial charge in [0.05, 0.1) is 11.5 Å². The molecule has 0 radical (unpaired) electrons. The molecule has 0 aromatic heterocycles. The highest BCUT2D eigenvalue weighted by atomic mass is 35.5. The van der Waals surface area contributed by atoms with Gasteiger partial charge in [-0.25, -0.2) is 4.79 Å². The minimum atomic E-state index is -0.641. The lowest BCUT2D eigenvalue weighted by molar-refractivity contribution is -0.177. The van der Waals surface area contributed by atoms with Crippen molar-refractivity contribution < 1.29 is 29.6 Å². The summed E-state index contributed by atoms with van der Waals surface area (Å²) in [5, 5.41) is 34.1. The Balaban J connectivity index is 0.000000261. The van der Waals surface area contributed by atoms with Crippen LogP contribution in [0.15, 0.2) is 42.0 Å². The maximum absolute atomic E-state index is 12.3. The molecule has 0 aliphatic heterocycles. The smallest absolute Gasteiger partial charge is 0.411 e. The van der Waals surface area contributed by atoms with Gasteiger partial charge in [0, 0.05) is 16.1 Å². The molecule has 4 N–H and O–H groups in total. The molecule has 0 saturated heterocycles. The van der Waals surface area contributed by atoms with Gasteiger partial charge in [-0.2, -0.15) is 0 Å². The van der Waals surface area contributed by atoms with Gasteiger partial charge >= 0.3 is 12.1 Å². The molecule has 256 valence electrons. The number of amides is 1. The number of carboxylic acids is 1. The zero-order valence-corrected chi connectivity index (χ0v) is 30.0. The van der Waals surface area contributed by atoms with E-state index in [1.165, 1.54) is 11.1 Å². The molecule has 4 aliphatic rings. The number of aromatic hydroxyl groups is 2. The Morgan fingerprint density at radius 3 is 2.30 bits per heavy atom. The van der Waals surface area contributed by atoms with Crippen molar-refractivity contribution in [3.8, 4) is 11.5 Å². The van der Waals surface area contributed by atoms with Gasteiger partial charge in [0.25, 0.3) is 0 Å². The van der Waals surface area contributed by atoms with Crippen LogP contribution >= 0.6 is 11.6 Å². The first kappa shape index (κ1) is 35.1. The summed E-state index contributed by atoms with van der Waals surface area (Å²) in [7, 11) is 0. The van der Waals surface area contributed by atoms with Crippen LogP contribution in [0, 0.1) is 34.5 Å². The van der Waals surface area contributed by atoms with E-state index in [2.05, 4.69) is 39.1 Å². The van der Waals surface area contributed by atoms with Crippen molar-refractivity contribution in [2.75, 3.05) is 5.32 Å². The summed E-state index contributed by atoms with van der Waals surface area (Å²) in [4.78, 5) is 23.4. The number of hydrogen-bond donors (Lipinski definition) is 4. The zero-order chi connectivity index (χ0) is 34.7. The van der Waals surface area contributed by atoms with E-state index in [9.17, 15) is 24.9 Å². The number of carbonyl (C=O) groups excluding carboxylic acids is 1. The van der Waals surface area contributed by atoms with Gasteiger partial charge in [-0.3, -0.25) is 10.1 Å². The largest absolute Gasteiger partial charge is 0.504 e. The molecule has 47 heavy (non-hydrogen) atoms. The molecule has 1 amide bonds. The lowest BCUT2D eigenvalue weighted by Gasteiger charge is -2.69. The number of phenols is 2. The first-order valence-corrected chi connectivity index (χ1v) is 17.4. The number of ether oxygens (including phenoxy) is 1. The van der Waals surface area contributed by atoms with Gasteiger partial charge in [0.2, 0.25) is 0 Å². The van der Waals surface area contributed by atoms with E-state index in [-0.39, 0.29) is 39.3 Å². The Morgan fingerprint density at radius 2 is 1.66 bits per heavy atom.